The normalized spacial score (nSPS) is 12.1. The van der Waals surface area contributed by atoms with Crippen LogP contribution in [0.3, 0.4) is 0 Å². The molecule has 0 fully saturated rings. The molecule has 0 spiro atoms. The van der Waals surface area contributed by atoms with Crippen LogP contribution >= 0.6 is 23.1 Å². The van der Waals surface area contributed by atoms with Gasteiger partial charge in [0.1, 0.15) is 10.6 Å². The maximum absolute atomic E-state index is 13.3. The molecular formula is C24H22FN3O2S2. The average Bonchev–Trinajstić information content (AvgIpc) is 3.10. The van der Waals surface area contributed by atoms with Crippen molar-refractivity contribution in [1.82, 2.24) is 15.3 Å². The number of aryl methyl sites for hydroxylation is 2. The van der Waals surface area contributed by atoms with Gasteiger partial charge in [-0.2, -0.15) is 0 Å². The zero-order chi connectivity index (χ0) is 22.8. The molecule has 0 aliphatic rings. The summed E-state index contributed by atoms with van der Waals surface area (Å²) in [5.41, 5.74) is 3.46. The Balaban J connectivity index is 1.52. The van der Waals surface area contributed by atoms with Crippen LogP contribution in [0.25, 0.3) is 21.3 Å². The highest BCUT2D eigenvalue weighted by atomic mass is 32.2. The molecule has 4 aromatic rings. The van der Waals surface area contributed by atoms with E-state index in [-0.39, 0.29) is 17.3 Å². The van der Waals surface area contributed by atoms with Gasteiger partial charge in [0.05, 0.1) is 10.6 Å². The molecule has 164 valence electrons. The number of nitrogens with one attached hydrogen (secondary N) is 2. The lowest BCUT2D eigenvalue weighted by molar-refractivity contribution is -0.120. The summed E-state index contributed by atoms with van der Waals surface area (Å²) in [7, 11) is 0. The van der Waals surface area contributed by atoms with Gasteiger partial charge in [0.25, 0.3) is 5.56 Å². The van der Waals surface area contributed by atoms with Crippen molar-refractivity contribution in [1.29, 1.82) is 0 Å². The van der Waals surface area contributed by atoms with E-state index in [1.54, 1.807) is 19.1 Å². The van der Waals surface area contributed by atoms with Gasteiger partial charge in [0.2, 0.25) is 5.91 Å². The van der Waals surface area contributed by atoms with Crippen LogP contribution < -0.4 is 10.9 Å². The number of hydrogen-bond donors (Lipinski definition) is 2. The van der Waals surface area contributed by atoms with Gasteiger partial charge in [0, 0.05) is 17.0 Å². The van der Waals surface area contributed by atoms with E-state index in [1.165, 1.54) is 40.8 Å². The van der Waals surface area contributed by atoms with Gasteiger partial charge in [-0.15, -0.1) is 11.3 Å². The summed E-state index contributed by atoms with van der Waals surface area (Å²) in [4.78, 5) is 34.3. The summed E-state index contributed by atoms with van der Waals surface area (Å²) in [6, 6.07) is 14.1. The highest BCUT2D eigenvalue weighted by molar-refractivity contribution is 8.00. The highest BCUT2D eigenvalue weighted by Crippen LogP contribution is 2.36. The smallest absolute Gasteiger partial charge is 0.260 e. The molecule has 2 heterocycles. The van der Waals surface area contributed by atoms with Gasteiger partial charge < -0.3 is 10.3 Å². The molecule has 0 bridgehead atoms. The fourth-order valence-corrected chi connectivity index (χ4v) is 5.30. The van der Waals surface area contributed by atoms with Crippen molar-refractivity contribution in [3.63, 3.8) is 0 Å². The van der Waals surface area contributed by atoms with E-state index in [4.69, 9.17) is 0 Å². The Hall–Kier alpha value is -2.97. The fraction of sp³-hybridized carbons (Fsp3) is 0.208. The molecule has 1 atom stereocenters. The summed E-state index contributed by atoms with van der Waals surface area (Å²) >= 11 is 2.62. The molecule has 0 unspecified atom stereocenters. The molecule has 0 radical (unpaired) electrons. The molecule has 2 N–H and O–H groups in total. The van der Waals surface area contributed by atoms with Crippen molar-refractivity contribution in [2.45, 2.75) is 37.7 Å². The van der Waals surface area contributed by atoms with Crippen LogP contribution in [0, 0.1) is 19.7 Å². The quantitative estimate of drug-likeness (QED) is 0.302. The van der Waals surface area contributed by atoms with E-state index in [0.717, 1.165) is 21.6 Å². The molecule has 1 amide bonds. The zero-order valence-corrected chi connectivity index (χ0v) is 19.5. The lowest BCUT2D eigenvalue weighted by Gasteiger charge is -2.11. The predicted octanol–water partition coefficient (Wildman–Crippen LogP) is 5.20. The molecule has 0 aliphatic heterocycles. The Morgan fingerprint density at radius 3 is 2.53 bits per heavy atom. The molecular weight excluding hydrogens is 445 g/mol. The van der Waals surface area contributed by atoms with Crippen LogP contribution in [0.4, 0.5) is 4.39 Å². The minimum absolute atomic E-state index is 0.132. The first-order chi connectivity index (χ1) is 15.3. The summed E-state index contributed by atoms with van der Waals surface area (Å²) in [6.45, 7) is 6.16. The number of fused-ring (bicyclic) bond motifs is 1. The van der Waals surface area contributed by atoms with Gasteiger partial charge in [-0.25, -0.2) is 9.37 Å². The molecule has 8 heteroatoms. The second-order valence-corrected chi connectivity index (χ2v) is 10.1. The van der Waals surface area contributed by atoms with Crippen molar-refractivity contribution in [3.05, 3.63) is 80.7 Å². The number of thioether (sulfide) groups is 1. The predicted molar refractivity (Wildman–Crippen MR) is 129 cm³/mol. The van der Waals surface area contributed by atoms with Crippen LogP contribution in [0.2, 0.25) is 0 Å². The first kappa shape index (κ1) is 22.2. The number of rotatable bonds is 6. The van der Waals surface area contributed by atoms with E-state index in [0.29, 0.717) is 21.9 Å². The highest BCUT2D eigenvalue weighted by Gasteiger charge is 2.20. The number of aromatic amines is 1. The average molecular weight is 468 g/mol. The number of carbonyl (C=O) groups excluding carboxylic acids is 1. The van der Waals surface area contributed by atoms with Gasteiger partial charge in [-0.1, -0.05) is 53.7 Å². The number of benzene rings is 2. The third-order valence-electron chi connectivity index (χ3n) is 5.09. The summed E-state index contributed by atoms with van der Waals surface area (Å²) in [6.07, 6.45) is 0. The first-order valence-corrected chi connectivity index (χ1v) is 11.8. The number of hydrogen-bond acceptors (Lipinski definition) is 5. The van der Waals surface area contributed by atoms with Crippen molar-refractivity contribution in [3.8, 4) is 11.1 Å². The summed E-state index contributed by atoms with van der Waals surface area (Å²) < 4.78 is 13.3. The Kier molecular flexibility index (Phi) is 6.43. The van der Waals surface area contributed by atoms with E-state index >= 15 is 0 Å². The number of carbonyl (C=O) groups is 1. The van der Waals surface area contributed by atoms with Gasteiger partial charge >= 0.3 is 0 Å². The fourth-order valence-electron chi connectivity index (χ4n) is 3.38. The number of amides is 1. The number of nitrogens with zero attached hydrogens (tertiary/aromatic N) is 1. The largest absolute Gasteiger partial charge is 0.351 e. The van der Waals surface area contributed by atoms with Gasteiger partial charge in [-0.05, 0) is 44.0 Å². The zero-order valence-electron chi connectivity index (χ0n) is 17.9. The Bertz CT molecular complexity index is 1330. The molecule has 32 heavy (non-hydrogen) atoms. The number of H-pyrrole nitrogens is 1. The maximum atomic E-state index is 13.3. The molecule has 2 aromatic carbocycles. The standard InChI is InChI=1S/C24H22FN3O2S2/c1-13-4-6-16(7-5-13)12-26-21(29)15(3)32-24-27-22(30)20-19(14(2)31-23(20)28-24)17-8-10-18(25)11-9-17/h4-11,15H,12H2,1-3H3,(H,26,29)(H,27,28,30)/t15-/m0/s1. The Labute approximate surface area is 193 Å². The lowest BCUT2D eigenvalue weighted by atomic mass is 10.0. The second kappa shape index (κ2) is 9.26. The number of halogens is 1. The maximum Gasteiger partial charge on any atom is 0.260 e. The van der Waals surface area contributed by atoms with Crippen LogP contribution in [0.15, 0.2) is 58.5 Å². The van der Waals surface area contributed by atoms with Gasteiger partial charge in [0.15, 0.2) is 5.16 Å². The lowest BCUT2D eigenvalue weighted by Crippen LogP contribution is -2.30. The Morgan fingerprint density at radius 2 is 1.84 bits per heavy atom. The van der Waals surface area contributed by atoms with Crippen molar-refractivity contribution in [2.24, 2.45) is 0 Å². The minimum Gasteiger partial charge on any atom is -0.351 e. The number of aromatic nitrogens is 2. The van der Waals surface area contributed by atoms with Crippen molar-refractivity contribution >= 4 is 39.2 Å². The summed E-state index contributed by atoms with van der Waals surface area (Å²) in [5.74, 6) is -0.459. The molecule has 0 aliphatic carbocycles. The third-order valence-corrected chi connectivity index (χ3v) is 7.08. The topological polar surface area (TPSA) is 74.8 Å². The van der Waals surface area contributed by atoms with Crippen LogP contribution in [0.5, 0.6) is 0 Å². The van der Waals surface area contributed by atoms with E-state index in [1.807, 2.05) is 38.1 Å². The minimum atomic E-state index is -0.432. The SMILES string of the molecule is Cc1ccc(CNC(=O)[C@H](C)Sc2nc3sc(C)c(-c4ccc(F)cc4)c3c(=O)[nH]2)cc1. The van der Waals surface area contributed by atoms with E-state index in [9.17, 15) is 14.0 Å². The first-order valence-electron chi connectivity index (χ1n) is 10.1. The van der Waals surface area contributed by atoms with E-state index < -0.39 is 5.25 Å². The van der Waals surface area contributed by atoms with Crippen LogP contribution in [-0.4, -0.2) is 21.1 Å². The molecule has 2 aromatic heterocycles. The molecule has 0 saturated carbocycles. The van der Waals surface area contributed by atoms with Crippen LogP contribution in [-0.2, 0) is 11.3 Å². The van der Waals surface area contributed by atoms with Crippen molar-refractivity contribution in [2.75, 3.05) is 0 Å². The van der Waals surface area contributed by atoms with E-state index in [2.05, 4.69) is 15.3 Å². The second-order valence-electron chi connectivity index (χ2n) is 7.55. The van der Waals surface area contributed by atoms with Crippen molar-refractivity contribution < 1.29 is 9.18 Å². The molecule has 5 nitrogen and oxygen atoms in total. The van der Waals surface area contributed by atoms with Gasteiger partial charge in [-0.3, -0.25) is 9.59 Å². The Morgan fingerprint density at radius 1 is 1.16 bits per heavy atom. The molecule has 0 saturated heterocycles. The monoisotopic (exact) mass is 467 g/mol. The third kappa shape index (κ3) is 4.76. The summed E-state index contributed by atoms with van der Waals surface area (Å²) in [5, 5.41) is 3.37. The van der Waals surface area contributed by atoms with Crippen LogP contribution in [0.1, 0.15) is 22.9 Å². The molecule has 4 rings (SSSR count). The number of thiophene rings is 1.